The van der Waals surface area contributed by atoms with Gasteiger partial charge in [-0.25, -0.2) is 0 Å². The second-order valence-corrected chi connectivity index (χ2v) is 6.29. The van der Waals surface area contributed by atoms with E-state index in [0.29, 0.717) is 24.9 Å². The molecule has 1 aromatic rings. The number of piperidine rings is 2. The maximum Gasteiger partial charge on any atom is 0.220 e. The lowest BCUT2D eigenvalue weighted by Crippen LogP contribution is -2.54. The summed E-state index contributed by atoms with van der Waals surface area (Å²) in [5.41, 5.74) is 1.96. The first-order valence-corrected chi connectivity index (χ1v) is 7.73. The maximum absolute atomic E-state index is 12.3. The molecule has 2 aliphatic rings. The van der Waals surface area contributed by atoms with Crippen LogP contribution in [0.4, 0.5) is 0 Å². The van der Waals surface area contributed by atoms with Crippen LogP contribution in [-0.2, 0) is 4.79 Å². The first kappa shape index (κ1) is 14.3. The van der Waals surface area contributed by atoms with E-state index in [0.717, 1.165) is 31.5 Å². The van der Waals surface area contributed by atoms with Crippen molar-refractivity contribution < 1.29 is 9.59 Å². The largest absolute Gasteiger partial charge is 0.353 e. The first-order chi connectivity index (χ1) is 10.1. The molecule has 1 aromatic carbocycles. The van der Waals surface area contributed by atoms with Gasteiger partial charge in [0.05, 0.1) is 6.54 Å². The average molecular weight is 286 g/mol. The van der Waals surface area contributed by atoms with Gasteiger partial charge in [0.25, 0.3) is 0 Å². The molecule has 2 heterocycles. The number of rotatable bonds is 3. The molecule has 112 valence electrons. The molecule has 0 spiro atoms. The SMILES string of the molecule is Cc1ccc(C(=O)CN2CCC3NC(=O)CCC3C2)cc1. The highest BCUT2D eigenvalue weighted by molar-refractivity contribution is 5.97. The van der Waals surface area contributed by atoms with Crippen molar-refractivity contribution in [3.63, 3.8) is 0 Å². The monoisotopic (exact) mass is 286 g/mol. The van der Waals surface area contributed by atoms with Crippen LogP contribution in [0.5, 0.6) is 0 Å². The molecule has 2 atom stereocenters. The fourth-order valence-electron chi connectivity index (χ4n) is 3.36. The van der Waals surface area contributed by atoms with Crippen LogP contribution >= 0.6 is 0 Å². The smallest absolute Gasteiger partial charge is 0.220 e. The summed E-state index contributed by atoms with van der Waals surface area (Å²) in [6.07, 6.45) is 2.53. The standard InChI is InChI=1S/C17H22N2O2/c1-12-2-4-13(5-3-12)16(20)11-19-9-8-15-14(10-19)6-7-17(21)18-15/h2-5,14-15H,6-11H2,1H3,(H,18,21). The van der Waals surface area contributed by atoms with Gasteiger partial charge < -0.3 is 5.32 Å². The van der Waals surface area contributed by atoms with E-state index in [9.17, 15) is 9.59 Å². The molecule has 3 rings (SSSR count). The summed E-state index contributed by atoms with van der Waals surface area (Å²) in [7, 11) is 0. The molecule has 4 nitrogen and oxygen atoms in total. The summed E-state index contributed by atoms with van der Waals surface area (Å²) >= 11 is 0. The lowest BCUT2D eigenvalue weighted by atomic mass is 9.85. The van der Waals surface area contributed by atoms with Crippen molar-refractivity contribution in [2.45, 2.75) is 32.2 Å². The van der Waals surface area contributed by atoms with Crippen LogP contribution in [0, 0.1) is 12.8 Å². The number of hydrogen-bond acceptors (Lipinski definition) is 3. The van der Waals surface area contributed by atoms with Crippen molar-refractivity contribution in [3.05, 3.63) is 35.4 Å². The number of ketones is 1. The predicted octanol–water partition coefficient (Wildman–Crippen LogP) is 1.78. The fraction of sp³-hybridized carbons (Fsp3) is 0.529. The first-order valence-electron chi connectivity index (χ1n) is 7.73. The number of Topliss-reactive ketones (excluding diaryl/α,β-unsaturated/α-hetero) is 1. The third kappa shape index (κ3) is 3.32. The van der Waals surface area contributed by atoms with Crippen molar-refractivity contribution in [3.8, 4) is 0 Å². The molecule has 0 bridgehead atoms. The summed E-state index contributed by atoms with van der Waals surface area (Å²) in [5.74, 6) is 0.871. The van der Waals surface area contributed by atoms with Gasteiger partial charge in [-0.15, -0.1) is 0 Å². The minimum Gasteiger partial charge on any atom is -0.353 e. The van der Waals surface area contributed by atoms with Crippen LogP contribution in [0.2, 0.25) is 0 Å². The Hall–Kier alpha value is -1.68. The van der Waals surface area contributed by atoms with E-state index in [4.69, 9.17) is 0 Å². The van der Waals surface area contributed by atoms with Crippen molar-refractivity contribution in [2.24, 2.45) is 5.92 Å². The molecule has 2 aliphatic heterocycles. The molecule has 0 saturated carbocycles. The van der Waals surface area contributed by atoms with E-state index in [1.807, 2.05) is 31.2 Å². The third-order valence-electron chi connectivity index (χ3n) is 4.65. The highest BCUT2D eigenvalue weighted by atomic mass is 16.1. The van der Waals surface area contributed by atoms with Crippen LogP contribution < -0.4 is 5.32 Å². The number of aryl methyl sites for hydroxylation is 1. The van der Waals surface area contributed by atoms with Crippen LogP contribution in [0.3, 0.4) is 0 Å². The molecule has 0 radical (unpaired) electrons. The average Bonchev–Trinajstić information content (AvgIpc) is 2.48. The molecule has 2 fully saturated rings. The highest BCUT2D eigenvalue weighted by Gasteiger charge is 2.34. The van der Waals surface area contributed by atoms with E-state index in [1.54, 1.807) is 0 Å². The topological polar surface area (TPSA) is 49.4 Å². The normalized spacial score (nSPS) is 26.0. The van der Waals surface area contributed by atoms with Crippen LogP contribution in [0.15, 0.2) is 24.3 Å². The zero-order valence-corrected chi connectivity index (χ0v) is 12.5. The predicted molar refractivity (Wildman–Crippen MR) is 81.2 cm³/mol. The van der Waals surface area contributed by atoms with Gasteiger partial charge >= 0.3 is 0 Å². The van der Waals surface area contributed by atoms with E-state index in [-0.39, 0.29) is 11.7 Å². The number of fused-ring (bicyclic) bond motifs is 1. The molecule has 21 heavy (non-hydrogen) atoms. The van der Waals surface area contributed by atoms with Crippen molar-refractivity contribution in [1.29, 1.82) is 0 Å². The molecule has 1 N–H and O–H groups in total. The second kappa shape index (κ2) is 5.98. The molecule has 4 heteroatoms. The number of carbonyl (C=O) groups excluding carboxylic acids is 2. The van der Waals surface area contributed by atoms with E-state index in [1.165, 1.54) is 5.56 Å². The summed E-state index contributed by atoms with van der Waals surface area (Å²) in [5, 5.41) is 3.08. The summed E-state index contributed by atoms with van der Waals surface area (Å²) in [6, 6.07) is 8.10. The van der Waals surface area contributed by atoms with Crippen LogP contribution in [-0.4, -0.2) is 42.3 Å². The Balaban J connectivity index is 1.57. The number of nitrogens with zero attached hydrogens (tertiary/aromatic N) is 1. The Morgan fingerprint density at radius 1 is 1.29 bits per heavy atom. The van der Waals surface area contributed by atoms with Crippen molar-refractivity contribution in [2.75, 3.05) is 19.6 Å². The molecular formula is C17H22N2O2. The molecule has 0 aliphatic carbocycles. The van der Waals surface area contributed by atoms with Gasteiger partial charge in [0.1, 0.15) is 0 Å². The number of likely N-dealkylation sites (tertiary alicyclic amines) is 1. The lowest BCUT2D eigenvalue weighted by Gasteiger charge is -2.41. The van der Waals surface area contributed by atoms with E-state index >= 15 is 0 Å². The zero-order chi connectivity index (χ0) is 14.8. The molecule has 2 saturated heterocycles. The summed E-state index contributed by atoms with van der Waals surface area (Å²) in [6.45, 7) is 4.32. The minimum absolute atomic E-state index is 0.181. The van der Waals surface area contributed by atoms with Gasteiger partial charge in [-0.05, 0) is 25.7 Å². The summed E-state index contributed by atoms with van der Waals surface area (Å²) < 4.78 is 0. The number of nitrogens with one attached hydrogen (secondary N) is 1. The van der Waals surface area contributed by atoms with E-state index < -0.39 is 0 Å². The molecule has 0 aromatic heterocycles. The minimum atomic E-state index is 0.181. The number of hydrogen-bond donors (Lipinski definition) is 1. The van der Waals surface area contributed by atoms with Gasteiger partial charge in [-0.3, -0.25) is 14.5 Å². The van der Waals surface area contributed by atoms with Gasteiger partial charge in [0.2, 0.25) is 5.91 Å². The van der Waals surface area contributed by atoms with Crippen LogP contribution in [0.25, 0.3) is 0 Å². The molecule has 2 unspecified atom stereocenters. The Morgan fingerprint density at radius 2 is 2.05 bits per heavy atom. The number of benzene rings is 1. The number of carbonyl (C=O) groups is 2. The van der Waals surface area contributed by atoms with Gasteiger partial charge in [0, 0.05) is 31.1 Å². The van der Waals surface area contributed by atoms with Gasteiger partial charge in [-0.1, -0.05) is 29.8 Å². The van der Waals surface area contributed by atoms with Crippen molar-refractivity contribution in [1.82, 2.24) is 10.2 Å². The van der Waals surface area contributed by atoms with Gasteiger partial charge in [-0.2, -0.15) is 0 Å². The summed E-state index contributed by atoms with van der Waals surface area (Å²) in [4.78, 5) is 26.0. The third-order valence-corrected chi connectivity index (χ3v) is 4.65. The Labute approximate surface area is 125 Å². The van der Waals surface area contributed by atoms with E-state index in [2.05, 4.69) is 10.2 Å². The second-order valence-electron chi connectivity index (χ2n) is 6.29. The maximum atomic E-state index is 12.3. The fourth-order valence-corrected chi connectivity index (χ4v) is 3.36. The van der Waals surface area contributed by atoms with Gasteiger partial charge in [0.15, 0.2) is 5.78 Å². The number of amides is 1. The lowest BCUT2D eigenvalue weighted by molar-refractivity contribution is -0.125. The zero-order valence-electron chi connectivity index (χ0n) is 12.5. The quantitative estimate of drug-likeness (QED) is 0.862. The van der Waals surface area contributed by atoms with Crippen molar-refractivity contribution >= 4 is 11.7 Å². The Kier molecular flexibility index (Phi) is 4.06. The molecular weight excluding hydrogens is 264 g/mol. The highest BCUT2D eigenvalue weighted by Crippen LogP contribution is 2.25. The Bertz CT molecular complexity index is 538. The Morgan fingerprint density at radius 3 is 2.81 bits per heavy atom. The van der Waals surface area contributed by atoms with Crippen LogP contribution in [0.1, 0.15) is 35.2 Å². The molecule has 1 amide bonds.